The molecule has 0 radical (unpaired) electrons. The highest BCUT2D eigenvalue weighted by Gasteiger charge is 2.19. The summed E-state index contributed by atoms with van der Waals surface area (Å²) in [4.78, 5) is 27.1. The van der Waals surface area contributed by atoms with Crippen molar-refractivity contribution in [3.05, 3.63) is 30.0 Å². The smallest absolute Gasteiger partial charge is 0.292 e. The van der Waals surface area contributed by atoms with Gasteiger partial charge in [-0.3, -0.25) is 9.59 Å². The lowest BCUT2D eigenvalue weighted by molar-refractivity contribution is -0.117. The molecule has 1 aromatic carbocycles. The summed E-state index contributed by atoms with van der Waals surface area (Å²) in [7, 11) is 1.56. The number of ether oxygens (including phenoxy) is 1. The summed E-state index contributed by atoms with van der Waals surface area (Å²) in [5.74, 6) is 0.0340. The molecule has 112 valence electrons. The number of aromatic amines is 1. The quantitative estimate of drug-likeness (QED) is 0.634. The molecule has 0 aliphatic rings. The van der Waals surface area contributed by atoms with E-state index in [0.717, 1.165) is 11.9 Å². The first-order chi connectivity index (χ1) is 10.0. The Morgan fingerprint density at radius 1 is 1.33 bits per heavy atom. The average molecular weight is 288 g/mol. The van der Waals surface area contributed by atoms with Gasteiger partial charge in [0.25, 0.3) is 11.7 Å². The molecule has 0 bridgehead atoms. The van der Waals surface area contributed by atoms with E-state index in [1.54, 1.807) is 25.4 Å². The third-order valence-corrected chi connectivity index (χ3v) is 3.35. The topological polar surface area (TPSA) is 71.2 Å². The third kappa shape index (κ3) is 3.42. The summed E-state index contributed by atoms with van der Waals surface area (Å²) in [6.45, 7) is 4.65. The number of benzene rings is 1. The van der Waals surface area contributed by atoms with Crippen molar-refractivity contribution < 1.29 is 14.3 Å². The van der Waals surface area contributed by atoms with Gasteiger partial charge in [-0.15, -0.1) is 0 Å². The van der Waals surface area contributed by atoms with Crippen molar-refractivity contribution in [2.24, 2.45) is 5.92 Å². The van der Waals surface area contributed by atoms with E-state index >= 15 is 0 Å². The maximum Gasteiger partial charge on any atom is 0.292 e. The second-order valence-corrected chi connectivity index (χ2v) is 5.38. The fourth-order valence-electron chi connectivity index (χ4n) is 2.09. The van der Waals surface area contributed by atoms with Crippen LogP contribution in [0.5, 0.6) is 5.75 Å². The van der Waals surface area contributed by atoms with Crippen LogP contribution in [0, 0.1) is 5.92 Å². The molecule has 0 saturated carbocycles. The first-order valence-corrected chi connectivity index (χ1v) is 7.00. The first kappa shape index (κ1) is 15.1. The van der Waals surface area contributed by atoms with Gasteiger partial charge in [0.15, 0.2) is 0 Å². The summed E-state index contributed by atoms with van der Waals surface area (Å²) >= 11 is 0. The van der Waals surface area contributed by atoms with Gasteiger partial charge in [-0.1, -0.05) is 13.8 Å². The largest absolute Gasteiger partial charge is 0.497 e. The number of rotatable bonds is 6. The lowest BCUT2D eigenvalue weighted by Crippen LogP contribution is -2.32. The van der Waals surface area contributed by atoms with Crippen molar-refractivity contribution >= 4 is 22.6 Å². The highest BCUT2D eigenvalue weighted by molar-refractivity contribution is 6.44. The second-order valence-electron chi connectivity index (χ2n) is 5.38. The second kappa shape index (κ2) is 6.43. The van der Waals surface area contributed by atoms with Crippen molar-refractivity contribution in [1.29, 1.82) is 0 Å². The number of hydrogen-bond acceptors (Lipinski definition) is 3. The van der Waals surface area contributed by atoms with Gasteiger partial charge in [-0.05, 0) is 30.5 Å². The molecular weight excluding hydrogens is 268 g/mol. The van der Waals surface area contributed by atoms with Gasteiger partial charge >= 0.3 is 0 Å². The Kier molecular flexibility index (Phi) is 4.62. The van der Waals surface area contributed by atoms with Crippen molar-refractivity contribution in [3.8, 4) is 5.75 Å². The van der Waals surface area contributed by atoms with Crippen LogP contribution < -0.4 is 10.1 Å². The number of amides is 1. The van der Waals surface area contributed by atoms with E-state index in [-0.39, 0.29) is 0 Å². The van der Waals surface area contributed by atoms with Crippen molar-refractivity contribution in [3.63, 3.8) is 0 Å². The number of ketones is 1. The molecule has 2 rings (SSSR count). The van der Waals surface area contributed by atoms with Crippen LogP contribution in [0.3, 0.4) is 0 Å². The number of fused-ring (bicyclic) bond motifs is 1. The van der Waals surface area contributed by atoms with Gasteiger partial charge in [0.05, 0.1) is 12.7 Å². The van der Waals surface area contributed by atoms with Crippen LogP contribution in [0.25, 0.3) is 10.9 Å². The minimum absolute atomic E-state index is 0.367. The molecule has 0 spiro atoms. The Morgan fingerprint density at radius 3 is 2.76 bits per heavy atom. The number of Topliss-reactive ketones (excluding diaryl/α,β-unsaturated/α-hetero) is 1. The maximum atomic E-state index is 12.2. The summed E-state index contributed by atoms with van der Waals surface area (Å²) in [5.41, 5.74) is 1.17. The van der Waals surface area contributed by atoms with E-state index in [2.05, 4.69) is 24.1 Å². The third-order valence-electron chi connectivity index (χ3n) is 3.35. The Morgan fingerprint density at radius 2 is 2.10 bits per heavy atom. The van der Waals surface area contributed by atoms with Gasteiger partial charge in [-0.25, -0.2) is 0 Å². The summed E-state index contributed by atoms with van der Waals surface area (Å²) in [6.07, 6.45) is 2.41. The van der Waals surface area contributed by atoms with E-state index in [1.807, 2.05) is 6.07 Å². The molecule has 21 heavy (non-hydrogen) atoms. The number of carbonyl (C=O) groups is 2. The molecule has 5 heteroatoms. The van der Waals surface area contributed by atoms with Crippen molar-refractivity contribution in [2.75, 3.05) is 13.7 Å². The Labute approximate surface area is 123 Å². The zero-order valence-electron chi connectivity index (χ0n) is 12.5. The molecule has 2 N–H and O–H groups in total. The summed E-state index contributed by atoms with van der Waals surface area (Å²) in [5, 5.41) is 3.35. The molecule has 1 aromatic heterocycles. The van der Waals surface area contributed by atoms with Gasteiger partial charge in [0, 0.05) is 23.6 Å². The predicted molar refractivity (Wildman–Crippen MR) is 81.6 cm³/mol. The predicted octanol–water partition coefficient (Wildman–Crippen LogP) is 2.52. The van der Waals surface area contributed by atoms with E-state index in [9.17, 15) is 9.59 Å². The molecule has 0 fully saturated rings. The van der Waals surface area contributed by atoms with Crippen molar-refractivity contribution in [2.45, 2.75) is 20.3 Å². The van der Waals surface area contributed by atoms with Crippen molar-refractivity contribution in [1.82, 2.24) is 10.3 Å². The molecule has 1 amide bonds. The maximum absolute atomic E-state index is 12.2. The van der Waals surface area contributed by atoms with E-state index < -0.39 is 11.7 Å². The number of carbonyl (C=O) groups excluding carboxylic acids is 2. The molecule has 0 saturated heterocycles. The van der Waals surface area contributed by atoms with E-state index in [4.69, 9.17) is 4.74 Å². The number of H-pyrrole nitrogens is 1. The van der Waals surface area contributed by atoms with Gasteiger partial charge in [-0.2, -0.15) is 0 Å². The number of aromatic nitrogens is 1. The van der Waals surface area contributed by atoms with Crippen LogP contribution in [-0.2, 0) is 4.79 Å². The minimum Gasteiger partial charge on any atom is -0.497 e. The lowest BCUT2D eigenvalue weighted by Gasteiger charge is -2.06. The highest BCUT2D eigenvalue weighted by Crippen LogP contribution is 2.23. The fourth-order valence-corrected chi connectivity index (χ4v) is 2.09. The highest BCUT2D eigenvalue weighted by atomic mass is 16.5. The minimum atomic E-state index is -0.570. The number of hydrogen-bond donors (Lipinski definition) is 2. The van der Waals surface area contributed by atoms with Gasteiger partial charge in [0.2, 0.25) is 0 Å². The van der Waals surface area contributed by atoms with Crippen LogP contribution in [0.15, 0.2) is 24.4 Å². The van der Waals surface area contributed by atoms with Gasteiger partial charge < -0.3 is 15.0 Å². The summed E-state index contributed by atoms with van der Waals surface area (Å²) < 4.78 is 5.15. The molecule has 1 heterocycles. The summed E-state index contributed by atoms with van der Waals surface area (Å²) in [6, 6.07) is 5.37. The van der Waals surface area contributed by atoms with Crippen LogP contribution in [0.1, 0.15) is 30.6 Å². The van der Waals surface area contributed by atoms with Crippen LogP contribution in [0.4, 0.5) is 0 Å². The Bertz CT molecular complexity index is 659. The van der Waals surface area contributed by atoms with E-state index in [1.165, 1.54) is 0 Å². The Balaban J connectivity index is 2.17. The molecule has 0 atom stereocenters. The Hall–Kier alpha value is -2.30. The number of methoxy groups -OCH3 is 1. The molecular formula is C16H20N2O3. The molecule has 2 aromatic rings. The van der Waals surface area contributed by atoms with Crippen LogP contribution in [-0.4, -0.2) is 30.3 Å². The molecule has 0 unspecified atom stereocenters. The zero-order chi connectivity index (χ0) is 15.4. The number of nitrogens with one attached hydrogen (secondary N) is 2. The van der Waals surface area contributed by atoms with E-state index in [0.29, 0.717) is 29.2 Å². The monoisotopic (exact) mass is 288 g/mol. The van der Waals surface area contributed by atoms with Crippen LogP contribution >= 0.6 is 0 Å². The fraction of sp³-hybridized carbons (Fsp3) is 0.375. The standard InChI is InChI=1S/C16H20N2O3/c1-10(2)6-7-17-16(20)15(19)13-9-18-14-5-4-11(21-3)8-12(13)14/h4-5,8-10,18H,6-7H2,1-3H3,(H,17,20). The molecule has 0 aliphatic heterocycles. The zero-order valence-corrected chi connectivity index (χ0v) is 12.5. The SMILES string of the molecule is COc1ccc2[nH]cc(C(=O)C(=O)NCCC(C)C)c2c1. The average Bonchev–Trinajstić information content (AvgIpc) is 2.88. The van der Waals surface area contributed by atoms with Gasteiger partial charge in [0.1, 0.15) is 5.75 Å². The van der Waals surface area contributed by atoms with Crippen LogP contribution in [0.2, 0.25) is 0 Å². The molecule has 0 aliphatic carbocycles. The first-order valence-electron chi connectivity index (χ1n) is 7.00. The normalized spacial score (nSPS) is 10.9. The molecule has 5 nitrogen and oxygen atoms in total. The lowest BCUT2D eigenvalue weighted by atomic mass is 10.1.